The second kappa shape index (κ2) is 5.49. The van der Waals surface area contributed by atoms with Crippen molar-refractivity contribution in [2.75, 3.05) is 0 Å². The Kier molecular flexibility index (Phi) is 3.87. The molecule has 1 aromatic heterocycles. The molecule has 1 heterocycles. The number of thiophene rings is 1. The third-order valence-electron chi connectivity index (χ3n) is 2.97. The fraction of sp³-hybridized carbons (Fsp3) is 0. The molecule has 0 spiro atoms. The van der Waals surface area contributed by atoms with E-state index >= 15 is 0 Å². The lowest BCUT2D eigenvalue weighted by Gasteiger charge is -2.03. The summed E-state index contributed by atoms with van der Waals surface area (Å²) in [6.45, 7) is 0. The number of halogens is 3. The van der Waals surface area contributed by atoms with Gasteiger partial charge < -0.3 is 0 Å². The van der Waals surface area contributed by atoms with E-state index in [1.165, 1.54) is 11.3 Å². The van der Waals surface area contributed by atoms with Crippen LogP contribution in [0.15, 0.2) is 46.9 Å². The molecule has 0 radical (unpaired) electrons. The molecule has 0 bridgehead atoms. The van der Waals surface area contributed by atoms with Crippen molar-refractivity contribution in [2.45, 2.75) is 0 Å². The largest absolute Gasteiger partial charge is 0.289 e. The molecule has 2 aromatic carbocycles. The van der Waals surface area contributed by atoms with E-state index in [0.29, 0.717) is 19.8 Å². The summed E-state index contributed by atoms with van der Waals surface area (Å²) >= 11 is 16.6. The van der Waals surface area contributed by atoms with E-state index in [0.717, 1.165) is 15.2 Å². The zero-order chi connectivity index (χ0) is 14.3. The SMILES string of the molecule is O=C(c1ccc2cc(Br)ccc2c1)c1cc(Cl)sc1Cl. The van der Waals surface area contributed by atoms with Crippen LogP contribution < -0.4 is 0 Å². The molecular formula is C15H7BrCl2OS. The normalized spacial score (nSPS) is 10.9. The quantitative estimate of drug-likeness (QED) is 0.480. The number of ketones is 1. The van der Waals surface area contributed by atoms with Gasteiger partial charge in [0.2, 0.25) is 0 Å². The van der Waals surface area contributed by atoms with Gasteiger partial charge in [0.25, 0.3) is 0 Å². The van der Waals surface area contributed by atoms with Gasteiger partial charge in [0.05, 0.1) is 9.90 Å². The highest BCUT2D eigenvalue weighted by atomic mass is 79.9. The van der Waals surface area contributed by atoms with Crippen molar-refractivity contribution < 1.29 is 4.79 Å². The molecule has 0 saturated carbocycles. The summed E-state index contributed by atoms with van der Waals surface area (Å²) in [7, 11) is 0. The van der Waals surface area contributed by atoms with Gasteiger partial charge >= 0.3 is 0 Å². The molecule has 0 aliphatic rings. The molecule has 3 rings (SSSR count). The summed E-state index contributed by atoms with van der Waals surface area (Å²) in [4.78, 5) is 12.4. The first kappa shape index (κ1) is 14.1. The third-order valence-corrected chi connectivity index (χ3v) is 4.95. The standard InChI is InChI=1S/C15H7BrCl2OS/c16-11-4-3-8-5-10(2-1-9(8)6-11)14(19)12-7-13(17)20-15(12)18/h1-7H. The number of fused-ring (bicyclic) bond motifs is 1. The topological polar surface area (TPSA) is 17.1 Å². The lowest BCUT2D eigenvalue weighted by molar-refractivity contribution is 0.103. The Morgan fingerprint density at radius 3 is 2.40 bits per heavy atom. The number of rotatable bonds is 2. The molecule has 0 fully saturated rings. The first-order valence-electron chi connectivity index (χ1n) is 5.73. The van der Waals surface area contributed by atoms with E-state index < -0.39 is 0 Å². The minimum atomic E-state index is -0.108. The number of carbonyl (C=O) groups is 1. The summed E-state index contributed by atoms with van der Waals surface area (Å²) in [6.07, 6.45) is 0. The van der Waals surface area contributed by atoms with Crippen molar-refractivity contribution in [2.24, 2.45) is 0 Å². The summed E-state index contributed by atoms with van der Waals surface area (Å²) in [5, 5.41) is 2.09. The number of hydrogen-bond donors (Lipinski definition) is 0. The van der Waals surface area contributed by atoms with Crippen molar-refractivity contribution in [1.29, 1.82) is 0 Å². The zero-order valence-electron chi connectivity index (χ0n) is 9.99. The van der Waals surface area contributed by atoms with Gasteiger partial charge in [-0.2, -0.15) is 0 Å². The van der Waals surface area contributed by atoms with E-state index in [1.807, 2.05) is 30.3 Å². The van der Waals surface area contributed by atoms with Crippen LogP contribution in [0.5, 0.6) is 0 Å². The lowest BCUT2D eigenvalue weighted by Crippen LogP contribution is -2.00. The molecule has 0 amide bonds. The summed E-state index contributed by atoms with van der Waals surface area (Å²) in [5.74, 6) is -0.108. The predicted molar refractivity (Wildman–Crippen MR) is 89.4 cm³/mol. The van der Waals surface area contributed by atoms with E-state index in [9.17, 15) is 4.79 Å². The van der Waals surface area contributed by atoms with Gasteiger partial charge in [-0.15, -0.1) is 11.3 Å². The lowest BCUT2D eigenvalue weighted by atomic mass is 10.0. The van der Waals surface area contributed by atoms with E-state index in [1.54, 1.807) is 12.1 Å². The molecule has 1 nitrogen and oxygen atoms in total. The van der Waals surface area contributed by atoms with Crippen LogP contribution in [0.1, 0.15) is 15.9 Å². The van der Waals surface area contributed by atoms with Gasteiger partial charge in [-0.05, 0) is 35.0 Å². The van der Waals surface area contributed by atoms with Crippen LogP contribution >= 0.6 is 50.5 Å². The molecule has 100 valence electrons. The van der Waals surface area contributed by atoms with Crippen LogP contribution in [0, 0.1) is 0 Å². The number of carbonyl (C=O) groups excluding carboxylic acids is 1. The van der Waals surface area contributed by atoms with Crippen LogP contribution in [0.25, 0.3) is 10.8 Å². The summed E-state index contributed by atoms with van der Waals surface area (Å²) < 4.78 is 1.95. The van der Waals surface area contributed by atoms with Gasteiger partial charge in [-0.3, -0.25) is 4.79 Å². The van der Waals surface area contributed by atoms with Crippen LogP contribution in [-0.4, -0.2) is 5.78 Å². The first-order chi connectivity index (χ1) is 9.54. The Bertz CT molecular complexity index is 826. The fourth-order valence-corrected chi connectivity index (χ4v) is 3.85. The Morgan fingerprint density at radius 2 is 1.70 bits per heavy atom. The molecule has 0 unspecified atom stereocenters. The van der Waals surface area contributed by atoms with Crippen molar-refractivity contribution >= 4 is 67.0 Å². The van der Waals surface area contributed by atoms with Gasteiger partial charge in [0.15, 0.2) is 5.78 Å². The first-order valence-corrected chi connectivity index (χ1v) is 8.10. The minimum absolute atomic E-state index is 0.108. The number of benzene rings is 2. The molecule has 5 heteroatoms. The minimum Gasteiger partial charge on any atom is -0.289 e. The second-order valence-corrected chi connectivity index (χ2v) is 7.47. The van der Waals surface area contributed by atoms with Crippen LogP contribution in [-0.2, 0) is 0 Å². The summed E-state index contributed by atoms with van der Waals surface area (Å²) in [5.41, 5.74) is 1.06. The molecule has 20 heavy (non-hydrogen) atoms. The average molecular weight is 386 g/mol. The van der Waals surface area contributed by atoms with Crippen molar-refractivity contribution in [3.8, 4) is 0 Å². The summed E-state index contributed by atoms with van der Waals surface area (Å²) in [6, 6.07) is 13.1. The molecule has 3 aromatic rings. The zero-order valence-corrected chi connectivity index (χ0v) is 13.9. The smallest absolute Gasteiger partial charge is 0.195 e. The van der Waals surface area contributed by atoms with Crippen LogP contribution in [0.4, 0.5) is 0 Å². The maximum absolute atomic E-state index is 12.4. The van der Waals surface area contributed by atoms with Crippen LogP contribution in [0.2, 0.25) is 8.67 Å². The Labute approximate surface area is 138 Å². The molecule has 0 atom stereocenters. The van der Waals surface area contributed by atoms with Crippen LogP contribution in [0.3, 0.4) is 0 Å². The van der Waals surface area contributed by atoms with Crippen molar-refractivity contribution in [3.63, 3.8) is 0 Å². The second-order valence-electron chi connectivity index (χ2n) is 4.27. The van der Waals surface area contributed by atoms with E-state index in [4.69, 9.17) is 23.2 Å². The maximum atomic E-state index is 12.4. The molecular weight excluding hydrogens is 379 g/mol. The maximum Gasteiger partial charge on any atom is 0.195 e. The fourth-order valence-electron chi connectivity index (χ4n) is 2.01. The number of hydrogen-bond acceptors (Lipinski definition) is 2. The molecule has 0 N–H and O–H groups in total. The van der Waals surface area contributed by atoms with Gasteiger partial charge in [0, 0.05) is 10.0 Å². The van der Waals surface area contributed by atoms with E-state index in [-0.39, 0.29) is 5.78 Å². The Balaban J connectivity index is 2.08. The predicted octanol–water partition coefficient (Wildman–Crippen LogP) is 6.20. The van der Waals surface area contributed by atoms with Crippen molar-refractivity contribution in [3.05, 3.63) is 66.7 Å². The van der Waals surface area contributed by atoms with Crippen molar-refractivity contribution in [1.82, 2.24) is 0 Å². The molecule has 0 saturated heterocycles. The van der Waals surface area contributed by atoms with Gasteiger partial charge in [0.1, 0.15) is 4.34 Å². The monoisotopic (exact) mass is 384 g/mol. The van der Waals surface area contributed by atoms with Gasteiger partial charge in [-0.25, -0.2) is 0 Å². The molecule has 0 aliphatic carbocycles. The van der Waals surface area contributed by atoms with Gasteiger partial charge in [-0.1, -0.05) is 57.3 Å². The molecule has 0 aliphatic heterocycles. The third kappa shape index (κ3) is 2.63. The highest BCUT2D eigenvalue weighted by Gasteiger charge is 2.16. The van der Waals surface area contributed by atoms with E-state index in [2.05, 4.69) is 15.9 Å². The Hall–Kier alpha value is -0.870. The highest BCUT2D eigenvalue weighted by molar-refractivity contribution is 9.10. The Morgan fingerprint density at radius 1 is 1.00 bits per heavy atom. The highest BCUT2D eigenvalue weighted by Crippen LogP contribution is 2.33. The average Bonchev–Trinajstić information content (AvgIpc) is 2.76.